The molecule has 0 saturated carbocycles. The Balaban J connectivity index is 2.19. The molecule has 0 bridgehead atoms. The van der Waals surface area contributed by atoms with Gasteiger partial charge in [0.25, 0.3) is 0 Å². The van der Waals surface area contributed by atoms with E-state index >= 15 is 0 Å². The van der Waals surface area contributed by atoms with Crippen molar-refractivity contribution in [3.05, 3.63) is 23.7 Å². The molecule has 2 aliphatic rings. The summed E-state index contributed by atoms with van der Waals surface area (Å²) >= 11 is 0. The number of allylic oxidation sites excluding steroid dienone is 4. The van der Waals surface area contributed by atoms with Crippen LogP contribution in [-0.2, 0) is 8.85 Å². The molecule has 0 spiro atoms. The topological polar surface area (TPSA) is 18.5 Å². The maximum absolute atomic E-state index is 6.43. The van der Waals surface area contributed by atoms with E-state index in [2.05, 4.69) is 58.4 Å². The minimum atomic E-state index is -1.54. The van der Waals surface area contributed by atoms with Gasteiger partial charge in [0.1, 0.15) is 0 Å². The molecule has 0 aromatic rings. The Labute approximate surface area is 132 Å². The normalized spacial score (nSPS) is 30.1. The zero-order chi connectivity index (χ0) is 15.9. The van der Waals surface area contributed by atoms with Crippen LogP contribution >= 0.6 is 0 Å². The lowest BCUT2D eigenvalue weighted by Gasteiger charge is -2.46. The van der Waals surface area contributed by atoms with Gasteiger partial charge in [-0.1, -0.05) is 6.92 Å². The van der Waals surface area contributed by atoms with Gasteiger partial charge in [0.15, 0.2) is 0 Å². The third kappa shape index (κ3) is 4.25. The lowest BCUT2D eigenvalue weighted by atomic mass is 9.65. The Morgan fingerprint density at radius 3 is 2.24 bits per heavy atom. The highest BCUT2D eigenvalue weighted by Crippen LogP contribution is 2.51. The van der Waals surface area contributed by atoms with Crippen molar-refractivity contribution >= 4 is 16.6 Å². The standard InChI is InChI=1S/C17H32O2Si2/c1-17-12-11-15(18-20(2,3)4)13-14(17)9-8-10-16(17)19-21(5,6)7/h10,13-14H,8-9,11-12H2,1-7H3/t14-,17+/m1/s1. The fourth-order valence-electron chi connectivity index (χ4n) is 3.36. The molecule has 4 heteroatoms. The summed E-state index contributed by atoms with van der Waals surface area (Å²) in [6.07, 6.45) is 9.35. The summed E-state index contributed by atoms with van der Waals surface area (Å²) in [5, 5.41) is 0. The quantitative estimate of drug-likeness (QED) is 0.620. The summed E-state index contributed by atoms with van der Waals surface area (Å²) in [5.74, 6) is 3.08. The number of hydrogen-bond acceptors (Lipinski definition) is 2. The third-order valence-electron chi connectivity index (χ3n) is 4.32. The second-order valence-corrected chi connectivity index (χ2v) is 17.6. The first-order chi connectivity index (χ1) is 9.50. The van der Waals surface area contributed by atoms with Crippen molar-refractivity contribution in [2.24, 2.45) is 11.3 Å². The molecule has 0 saturated heterocycles. The number of hydrogen-bond donors (Lipinski definition) is 0. The lowest BCUT2D eigenvalue weighted by molar-refractivity contribution is 0.134. The Kier molecular flexibility index (Phi) is 4.51. The second kappa shape index (κ2) is 5.61. The third-order valence-corrected chi connectivity index (χ3v) is 6.03. The van der Waals surface area contributed by atoms with E-state index in [0.29, 0.717) is 5.92 Å². The van der Waals surface area contributed by atoms with Crippen molar-refractivity contribution in [3.8, 4) is 0 Å². The predicted molar refractivity (Wildman–Crippen MR) is 95.1 cm³/mol. The van der Waals surface area contributed by atoms with E-state index in [1.54, 1.807) is 0 Å². The molecule has 21 heavy (non-hydrogen) atoms. The van der Waals surface area contributed by atoms with Gasteiger partial charge in [0.2, 0.25) is 16.6 Å². The molecule has 0 aliphatic heterocycles. The van der Waals surface area contributed by atoms with Crippen LogP contribution in [0.15, 0.2) is 23.7 Å². The molecule has 2 atom stereocenters. The summed E-state index contributed by atoms with van der Waals surface area (Å²) in [7, 11) is -3.02. The summed E-state index contributed by atoms with van der Waals surface area (Å²) in [6.45, 7) is 16.0. The SMILES string of the molecule is C[C@]12CCC(O[Si](C)(C)C)=C[C@H]1CCC=C2O[Si](C)(C)C. The van der Waals surface area contributed by atoms with Gasteiger partial charge < -0.3 is 8.85 Å². The molecule has 2 aliphatic carbocycles. The van der Waals surface area contributed by atoms with E-state index in [-0.39, 0.29) is 5.41 Å². The molecular weight excluding hydrogens is 292 g/mol. The first kappa shape index (κ1) is 16.9. The molecule has 0 N–H and O–H groups in total. The lowest BCUT2D eigenvalue weighted by Crippen LogP contribution is -2.40. The molecule has 120 valence electrons. The van der Waals surface area contributed by atoms with Crippen LogP contribution in [-0.4, -0.2) is 16.6 Å². The van der Waals surface area contributed by atoms with Gasteiger partial charge in [0, 0.05) is 11.8 Å². The largest absolute Gasteiger partial charge is 0.548 e. The minimum Gasteiger partial charge on any atom is -0.548 e. The molecule has 0 radical (unpaired) electrons. The average Bonchev–Trinajstić information content (AvgIpc) is 2.27. The number of rotatable bonds is 4. The fraction of sp³-hybridized carbons (Fsp3) is 0.765. The molecule has 2 nitrogen and oxygen atoms in total. The summed E-state index contributed by atoms with van der Waals surface area (Å²) in [5.41, 5.74) is 0.185. The fourth-order valence-corrected chi connectivity index (χ4v) is 5.29. The zero-order valence-electron chi connectivity index (χ0n) is 14.9. The van der Waals surface area contributed by atoms with E-state index < -0.39 is 16.6 Å². The van der Waals surface area contributed by atoms with Crippen LogP contribution in [0.5, 0.6) is 0 Å². The van der Waals surface area contributed by atoms with Crippen LogP contribution in [0.2, 0.25) is 39.3 Å². The minimum absolute atomic E-state index is 0.185. The Hall–Kier alpha value is -0.486. The van der Waals surface area contributed by atoms with Crippen LogP contribution in [0.4, 0.5) is 0 Å². The molecule has 0 amide bonds. The molecule has 0 fully saturated rings. The van der Waals surface area contributed by atoms with Crippen molar-refractivity contribution in [3.63, 3.8) is 0 Å². The highest BCUT2D eigenvalue weighted by atomic mass is 28.4. The van der Waals surface area contributed by atoms with Gasteiger partial charge in [-0.3, -0.25) is 0 Å². The van der Waals surface area contributed by atoms with Crippen LogP contribution in [0.1, 0.15) is 32.6 Å². The van der Waals surface area contributed by atoms with Crippen LogP contribution in [0, 0.1) is 11.3 Å². The number of fused-ring (bicyclic) bond motifs is 1. The van der Waals surface area contributed by atoms with Crippen molar-refractivity contribution in [2.75, 3.05) is 0 Å². The van der Waals surface area contributed by atoms with E-state index in [1.165, 1.54) is 17.9 Å². The summed E-state index contributed by atoms with van der Waals surface area (Å²) in [4.78, 5) is 0. The van der Waals surface area contributed by atoms with Gasteiger partial charge in [-0.25, -0.2) is 0 Å². The Morgan fingerprint density at radius 1 is 1.05 bits per heavy atom. The Morgan fingerprint density at radius 2 is 1.67 bits per heavy atom. The van der Waals surface area contributed by atoms with E-state index in [0.717, 1.165) is 19.3 Å². The first-order valence-corrected chi connectivity index (χ1v) is 15.1. The van der Waals surface area contributed by atoms with Gasteiger partial charge in [-0.15, -0.1) is 0 Å². The van der Waals surface area contributed by atoms with E-state index in [9.17, 15) is 0 Å². The van der Waals surface area contributed by atoms with Gasteiger partial charge >= 0.3 is 0 Å². The monoisotopic (exact) mass is 324 g/mol. The maximum atomic E-state index is 6.43. The smallest absolute Gasteiger partial charge is 0.241 e. The van der Waals surface area contributed by atoms with Crippen LogP contribution < -0.4 is 0 Å². The predicted octanol–water partition coefficient (Wildman–Crippen LogP) is 5.67. The molecular formula is C17H32O2Si2. The van der Waals surface area contributed by atoms with Crippen LogP contribution in [0.25, 0.3) is 0 Å². The highest BCUT2D eigenvalue weighted by Gasteiger charge is 2.44. The molecule has 0 aromatic carbocycles. The van der Waals surface area contributed by atoms with Crippen molar-refractivity contribution in [2.45, 2.75) is 71.9 Å². The van der Waals surface area contributed by atoms with E-state index in [1.807, 2.05) is 0 Å². The zero-order valence-corrected chi connectivity index (χ0v) is 16.9. The molecule has 0 heterocycles. The van der Waals surface area contributed by atoms with E-state index in [4.69, 9.17) is 8.85 Å². The highest BCUT2D eigenvalue weighted by molar-refractivity contribution is 6.70. The Bertz CT molecular complexity index is 454. The van der Waals surface area contributed by atoms with Gasteiger partial charge in [0.05, 0.1) is 11.5 Å². The van der Waals surface area contributed by atoms with Crippen LogP contribution in [0.3, 0.4) is 0 Å². The summed E-state index contributed by atoms with van der Waals surface area (Å²) in [6, 6.07) is 0. The molecule has 0 aromatic heterocycles. The summed E-state index contributed by atoms with van der Waals surface area (Å²) < 4.78 is 12.7. The first-order valence-electron chi connectivity index (χ1n) is 8.29. The van der Waals surface area contributed by atoms with Crippen molar-refractivity contribution in [1.82, 2.24) is 0 Å². The van der Waals surface area contributed by atoms with Gasteiger partial charge in [-0.05, 0) is 76.6 Å². The maximum Gasteiger partial charge on any atom is 0.241 e. The molecule has 0 unspecified atom stereocenters. The second-order valence-electron chi connectivity index (χ2n) is 8.73. The van der Waals surface area contributed by atoms with Crippen molar-refractivity contribution < 1.29 is 8.85 Å². The van der Waals surface area contributed by atoms with Gasteiger partial charge in [-0.2, -0.15) is 0 Å². The average molecular weight is 325 g/mol. The van der Waals surface area contributed by atoms with Crippen molar-refractivity contribution in [1.29, 1.82) is 0 Å². The molecule has 2 rings (SSSR count).